The van der Waals surface area contributed by atoms with Crippen molar-refractivity contribution in [2.45, 2.75) is 12.5 Å². The highest BCUT2D eigenvalue weighted by molar-refractivity contribution is 6.32. The van der Waals surface area contributed by atoms with Gasteiger partial charge in [0.15, 0.2) is 0 Å². The Hall–Kier alpha value is -7.88. The molecule has 1 heterocycles. The lowest BCUT2D eigenvalue weighted by Crippen LogP contribution is -2.12. The van der Waals surface area contributed by atoms with Gasteiger partial charge in [-0.05, 0) is 76.5 Å². The summed E-state index contributed by atoms with van der Waals surface area (Å²) in [4.78, 5) is 4.95. The van der Waals surface area contributed by atoms with Gasteiger partial charge in [-0.25, -0.2) is 0 Å². The Bertz CT molecular complexity index is 3290. The Balaban J connectivity index is 1.24. The van der Waals surface area contributed by atoms with E-state index in [4.69, 9.17) is 0 Å². The van der Waals surface area contributed by atoms with E-state index < -0.39 is 0 Å². The fraction of sp³-hybridized carbons (Fsp3) is 0.0345. The lowest BCUT2D eigenvalue weighted by Gasteiger charge is -2.29. The molecule has 1 atom stereocenters. The van der Waals surface area contributed by atoms with Gasteiger partial charge in [0.05, 0.1) is 39.8 Å². The highest BCUT2D eigenvalue weighted by atomic mass is 15.2. The molecule has 0 fully saturated rings. The monoisotopic (exact) mass is 779 g/mol. The first-order valence-corrected chi connectivity index (χ1v) is 21.2. The molecule has 0 saturated heterocycles. The number of anilines is 6. The van der Waals surface area contributed by atoms with Gasteiger partial charge >= 0.3 is 0 Å². The van der Waals surface area contributed by atoms with E-state index in [2.05, 4.69) is 245 Å². The van der Waals surface area contributed by atoms with Gasteiger partial charge in [0.1, 0.15) is 0 Å². The van der Waals surface area contributed by atoms with E-state index >= 15 is 0 Å². The lowest BCUT2D eigenvalue weighted by molar-refractivity contribution is 0.648. The molecule has 1 unspecified atom stereocenters. The molecule has 61 heavy (non-hydrogen) atoms. The van der Waals surface area contributed by atoms with Crippen LogP contribution in [-0.2, 0) is 0 Å². The molecule has 11 aromatic rings. The number of nitrogens with zero attached hydrogens (tertiary/aromatic N) is 3. The van der Waals surface area contributed by atoms with Gasteiger partial charge in [0.25, 0.3) is 0 Å². The number of hydrogen-bond donors (Lipinski definition) is 0. The second-order valence-electron chi connectivity index (χ2n) is 16.0. The number of allylic oxidation sites excluding steroid dienone is 4. The number of fused-ring (bicyclic) bond motifs is 9. The van der Waals surface area contributed by atoms with Gasteiger partial charge < -0.3 is 14.4 Å². The molecule has 0 bridgehead atoms. The third-order valence-corrected chi connectivity index (χ3v) is 12.6. The van der Waals surface area contributed by atoms with E-state index in [9.17, 15) is 0 Å². The largest absolute Gasteiger partial charge is 0.333 e. The van der Waals surface area contributed by atoms with E-state index in [-0.39, 0.29) is 6.04 Å². The van der Waals surface area contributed by atoms with Crippen molar-refractivity contribution in [1.29, 1.82) is 0 Å². The predicted octanol–water partition coefficient (Wildman–Crippen LogP) is 16.4. The quantitative estimate of drug-likeness (QED) is 0.160. The van der Waals surface area contributed by atoms with E-state index in [1.54, 1.807) is 0 Å². The SMILES string of the molecule is C1=CCC(n2c3cc(N(c4ccccc4)c4cccc5ccccc45)c4ccccc4c3c3c4ccccc4c(N(c4ccccc4)c4cccc5ccccc45)cc32)C=C1. The Morgan fingerprint density at radius 1 is 0.361 bits per heavy atom. The summed E-state index contributed by atoms with van der Waals surface area (Å²) in [7, 11) is 0. The van der Waals surface area contributed by atoms with Crippen LogP contribution in [0.15, 0.2) is 231 Å². The summed E-state index contributed by atoms with van der Waals surface area (Å²) < 4.78 is 2.63. The van der Waals surface area contributed by atoms with Crippen LogP contribution >= 0.6 is 0 Å². The van der Waals surface area contributed by atoms with Crippen molar-refractivity contribution in [3.05, 3.63) is 231 Å². The van der Waals surface area contributed by atoms with Crippen molar-refractivity contribution in [3.63, 3.8) is 0 Å². The zero-order valence-electron chi connectivity index (χ0n) is 33.6. The summed E-state index contributed by atoms with van der Waals surface area (Å²) in [6.07, 6.45) is 9.99. The average molecular weight is 780 g/mol. The number of hydrogen-bond acceptors (Lipinski definition) is 2. The zero-order chi connectivity index (χ0) is 40.3. The summed E-state index contributed by atoms with van der Waals surface area (Å²) in [5.41, 5.74) is 9.27. The zero-order valence-corrected chi connectivity index (χ0v) is 33.6. The molecule has 10 aromatic carbocycles. The minimum atomic E-state index is 0.110. The number of aromatic nitrogens is 1. The van der Waals surface area contributed by atoms with Crippen LogP contribution < -0.4 is 9.80 Å². The molecule has 12 rings (SSSR count). The first-order chi connectivity index (χ1) is 30.3. The maximum atomic E-state index is 2.63. The molecule has 0 amide bonds. The number of benzene rings is 10. The summed E-state index contributed by atoms with van der Waals surface area (Å²) in [6, 6.07) is 75.7. The van der Waals surface area contributed by atoms with Crippen molar-refractivity contribution < 1.29 is 0 Å². The minimum absolute atomic E-state index is 0.110. The summed E-state index contributed by atoms with van der Waals surface area (Å²) >= 11 is 0. The average Bonchev–Trinajstić information content (AvgIpc) is 3.67. The Kier molecular flexibility index (Phi) is 8.31. The molecule has 0 N–H and O–H groups in total. The summed E-state index contributed by atoms with van der Waals surface area (Å²) in [5, 5.41) is 12.3. The maximum absolute atomic E-state index is 2.63. The molecular weight excluding hydrogens is 739 g/mol. The second-order valence-corrected chi connectivity index (χ2v) is 16.0. The normalized spacial score (nSPS) is 13.9. The first kappa shape index (κ1) is 35.1. The van der Waals surface area contributed by atoms with Gasteiger partial charge in [-0.2, -0.15) is 0 Å². The van der Waals surface area contributed by atoms with E-state index in [0.717, 1.165) is 40.5 Å². The Morgan fingerprint density at radius 2 is 0.770 bits per heavy atom. The predicted molar refractivity (Wildman–Crippen MR) is 261 cm³/mol. The molecule has 0 aliphatic heterocycles. The van der Waals surface area contributed by atoms with Crippen LogP contribution in [0.4, 0.5) is 34.1 Å². The topological polar surface area (TPSA) is 11.4 Å². The fourth-order valence-corrected chi connectivity index (χ4v) is 9.98. The Morgan fingerprint density at radius 3 is 1.23 bits per heavy atom. The molecule has 3 nitrogen and oxygen atoms in total. The lowest BCUT2D eigenvalue weighted by atomic mass is 9.96. The highest BCUT2D eigenvalue weighted by Crippen LogP contribution is 2.51. The molecule has 0 radical (unpaired) electrons. The van der Waals surface area contributed by atoms with Crippen molar-refractivity contribution in [2.24, 2.45) is 0 Å². The van der Waals surface area contributed by atoms with Gasteiger partial charge in [0.2, 0.25) is 0 Å². The fourth-order valence-electron chi connectivity index (χ4n) is 9.98. The molecule has 288 valence electrons. The molecule has 1 aliphatic carbocycles. The summed E-state index contributed by atoms with van der Waals surface area (Å²) in [5.74, 6) is 0. The molecule has 1 aliphatic rings. The van der Waals surface area contributed by atoms with Gasteiger partial charge in [0, 0.05) is 43.7 Å². The minimum Gasteiger partial charge on any atom is -0.333 e. The van der Waals surface area contributed by atoms with Crippen LogP contribution in [0.5, 0.6) is 0 Å². The van der Waals surface area contributed by atoms with E-state index in [1.807, 2.05) is 0 Å². The van der Waals surface area contributed by atoms with Crippen LogP contribution in [0.1, 0.15) is 12.5 Å². The third kappa shape index (κ3) is 5.66. The summed E-state index contributed by atoms with van der Waals surface area (Å²) in [6.45, 7) is 0. The smallest absolute Gasteiger partial charge is 0.0561 e. The maximum Gasteiger partial charge on any atom is 0.0561 e. The third-order valence-electron chi connectivity index (χ3n) is 12.6. The molecule has 0 spiro atoms. The van der Waals surface area contributed by atoms with Crippen LogP contribution in [0.2, 0.25) is 0 Å². The van der Waals surface area contributed by atoms with E-state index in [1.165, 1.54) is 64.9 Å². The van der Waals surface area contributed by atoms with Gasteiger partial charge in [-0.1, -0.05) is 182 Å². The van der Waals surface area contributed by atoms with Crippen molar-refractivity contribution in [2.75, 3.05) is 9.80 Å². The first-order valence-electron chi connectivity index (χ1n) is 21.2. The highest BCUT2D eigenvalue weighted by Gasteiger charge is 2.27. The van der Waals surface area contributed by atoms with Crippen LogP contribution in [0.25, 0.3) is 64.9 Å². The molecular formula is C58H41N3. The van der Waals surface area contributed by atoms with Gasteiger partial charge in [-0.15, -0.1) is 0 Å². The second kappa shape index (κ2) is 14.4. The van der Waals surface area contributed by atoms with Crippen molar-refractivity contribution in [3.8, 4) is 0 Å². The molecule has 3 heteroatoms. The molecule has 1 aromatic heterocycles. The molecule has 0 saturated carbocycles. The van der Waals surface area contributed by atoms with Gasteiger partial charge in [-0.3, -0.25) is 0 Å². The van der Waals surface area contributed by atoms with Crippen molar-refractivity contribution in [1.82, 2.24) is 4.57 Å². The van der Waals surface area contributed by atoms with Crippen LogP contribution in [0, 0.1) is 0 Å². The van der Waals surface area contributed by atoms with Crippen LogP contribution in [0.3, 0.4) is 0 Å². The van der Waals surface area contributed by atoms with Crippen LogP contribution in [-0.4, -0.2) is 4.57 Å². The van der Waals surface area contributed by atoms with E-state index in [0.29, 0.717) is 0 Å². The Labute approximate surface area is 354 Å². The standard InChI is InChI=1S/C58H41N3/c1-4-24-42(25-5-1)59(51-36-18-22-40-20-10-12-30-45(40)51)53-38-55-57(49-34-16-14-32-47(49)53)58-50-35-17-15-33-48(50)54(39-56(58)61(55)44-28-8-3-9-29-44)60(43-26-6-2-7-27-43)52-37-19-23-41-21-11-13-31-46(41)52/h1-28,30-39,44H,29H2. The number of para-hydroxylation sites is 2. The van der Waals surface area contributed by atoms with Crippen molar-refractivity contribution >= 4 is 99.0 Å². The number of rotatable bonds is 7.